The molecule has 0 aliphatic heterocycles. The average Bonchev–Trinajstić information content (AvgIpc) is 2.42. The average molecular weight is 296 g/mol. The standard InChI is InChI=1S/C13H16N2O4S/c1-9(17)14-15(8-16)11(13(18)19)7-10-5-3-4-6-12(10)20-2/h3-6,8,11H,7H2,1-2H3,(H,14,17)(H,18,19). The number of carbonyl (C=O) groups is 3. The topological polar surface area (TPSA) is 86.7 Å². The molecule has 108 valence electrons. The highest BCUT2D eigenvalue weighted by atomic mass is 32.2. The number of carboxylic acid groups (broad SMARTS) is 1. The number of hydrazine groups is 1. The molecule has 0 aliphatic rings. The highest BCUT2D eigenvalue weighted by Crippen LogP contribution is 2.22. The number of carboxylic acids is 1. The van der Waals surface area contributed by atoms with Gasteiger partial charge in [-0.15, -0.1) is 11.8 Å². The van der Waals surface area contributed by atoms with Crippen molar-refractivity contribution in [3.05, 3.63) is 29.8 Å². The van der Waals surface area contributed by atoms with Crippen LogP contribution in [0.15, 0.2) is 29.2 Å². The summed E-state index contributed by atoms with van der Waals surface area (Å²) in [7, 11) is 0. The van der Waals surface area contributed by atoms with E-state index in [-0.39, 0.29) is 6.42 Å². The van der Waals surface area contributed by atoms with Crippen molar-refractivity contribution in [2.45, 2.75) is 24.3 Å². The lowest BCUT2D eigenvalue weighted by molar-refractivity contribution is -0.150. The first-order valence-corrected chi connectivity index (χ1v) is 7.07. The van der Waals surface area contributed by atoms with Gasteiger partial charge in [-0.05, 0) is 17.9 Å². The summed E-state index contributed by atoms with van der Waals surface area (Å²) < 4.78 is 0. The molecule has 20 heavy (non-hydrogen) atoms. The van der Waals surface area contributed by atoms with Crippen molar-refractivity contribution in [2.75, 3.05) is 6.26 Å². The molecule has 0 aromatic heterocycles. The number of benzene rings is 1. The third-order valence-electron chi connectivity index (χ3n) is 2.63. The number of amides is 2. The van der Waals surface area contributed by atoms with Crippen molar-refractivity contribution < 1.29 is 19.5 Å². The molecule has 2 amide bonds. The Morgan fingerprint density at radius 3 is 2.60 bits per heavy atom. The van der Waals surface area contributed by atoms with E-state index in [0.717, 1.165) is 15.5 Å². The van der Waals surface area contributed by atoms with Crippen molar-refractivity contribution in [1.29, 1.82) is 0 Å². The second-order valence-corrected chi connectivity index (χ2v) is 4.90. The van der Waals surface area contributed by atoms with Crippen LogP contribution in [-0.2, 0) is 20.8 Å². The molecule has 0 saturated carbocycles. The fourth-order valence-corrected chi connectivity index (χ4v) is 2.37. The number of rotatable bonds is 7. The number of aliphatic carboxylic acids is 1. The van der Waals surface area contributed by atoms with E-state index in [1.54, 1.807) is 12.1 Å². The van der Waals surface area contributed by atoms with Gasteiger partial charge in [0.25, 0.3) is 0 Å². The molecule has 0 heterocycles. The van der Waals surface area contributed by atoms with Crippen molar-refractivity contribution in [3.63, 3.8) is 0 Å². The molecule has 0 aliphatic carbocycles. The molecule has 1 aromatic rings. The largest absolute Gasteiger partial charge is 0.480 e. The van der Waals surface area contributed by atoms with Crippen LogP contribution in [0.5, 0.6) is 0 Å². The first-order valence-electron chi connectivity index (χ1n) is 5.85. The maximum Gasteiger partial charge on any atom is 0.328 e. The third-order valence-corrected chi connectivity index (χ3v) is 3.46. The second kappa shape index (κ2) is 7.54. The lowest BCUT2D eigenvalue weighted by Gasteiger charge is -2.25. The number of carbonyl (C=O) groups excluding carboxylic acids is 2. The zero-order chi connectivity index (χ0) is 15.1. The summed E-state index contributed by atoms with van der Waals surface area (Å²) in [6, 6.07) is 6.19. The zero-order valence-electron chi connectivity index (χ0n) is 11.2. The summed E-state index contributed by atoms with van der Waals surface area (Å²) in [4.78, 5) is 34.2. The lowest BCUT2D eigenvalue weighted by Crippen LogP contribution is -2.51. The van der Waals surface area contributed by atoms with Crippen LogP contribution in [0.1, 0.15) is 12.5 Å². The Labute approximate surface area is 121 Å². The smallest absolute Gasteiger partial charge is 0.328 e. The maximum atomic E-state index is 11.3. The van der Waals surface area contributed by atoms with E-state index < -0.39 is 17.9 Å². The molecular formula is C13H16N2O4S. The van der Waals surface area contributed by atoms with Crippen LogP contribution < -0.4 is 5.43 Å². The predicted octanol–water partition coefficient (Wildman–Crippen LogP) is 0.914. The van der Waals surface area contributed by atoms with E-state index in [0.29, 0.717) is 6.41 Å². The summed E-state index contributed by atoms with van der Waals surface area (Å²) in [6.07, 6.45) is 2.31. The lowest BCUT2D eigenvalue weighted by atomic mass is 10.1. The summed E-state index contributed by atoms with van der Waals surface area (Å²) >= 11 is 1.50. The Kier molecular flexibility index (Phi) is 6.05. The zero-order valence-corrected chi connectivity index (χ0v) is 12.0. The van der Waals surface area contributed by atoms with E-state index in [4.69, 9.17) is 0 Å². The van der Waals surface area contributed by atoms with Gasteiger partial charge in [-0.25, -0.2) is 9.80 Å². The van der Waals surface area contributed by atoms with E-state index in [9.17, 15) is 19.5 Å². The van der Waals surface area contributed by atoms with Crippen LogP contribution in [0.2, 0.25) is 0 Å². The highest BCUT2D eigenvalue weighted by molar-refractivity contribution is 7.98. The number of thioether (sulfide) groups is 1. The van der Waals surface area contributed by atoms with Gasteiger partial charge in [-0.3, -0.25) is 15.0 Å². The van der Waals surface area contributed by atoms with Crippen molar-refractivity contribution >= 4 is 30.0 Å². The summed E-state index contributed by atoms with van der Waals surface area (Å²) in [6.45, 7) is 1.21. The Morgan fingerprint density at radius 1 is 1.45 bits per heavy atom. The maximum absolute atomic E-state index is 11.3. The van der Waals surface area contributed by atoms with Crippen LogP contribution in [0.4, 0.5) is 0 Å². The van der Waals surface area contributed by atoms with Crippen molar-refractivity contribution in [3.8, 4) is 0 Å². The predicted molar refractivity (Wildman–Crippen MR) is 75.1 cm³/mol. The summed E-state index contributed by atoms with van der Waals surface area (Å²) in [5.74, 6) is -1.68. The number of hydrogen-bond donors (Lipinski definition) is 2. The van der Waals surface area contributed by atoms with Crippen LogP contribution in [0, 0.1) is 0 Å². The molecule has 1 rings (SSSR count). The number of nitrogens with zero attached hydrogens (tertiary/aromatic N) is 1. The van der Waals surface area contributed by atoms with Gasteiger partial charge in [-0.2, -0.15) is 0 Å². The molecule has 6 nitrogen and oxygen atoms in total. The molecule has 7 heteroatoms. The van der Waals surface area contributed by atoms with Gasteiger partial charge >= 0.3 is 5.97 Å². The fraction of sp³-hybridized carbons (Fsp3) is 0.308. The van der Waals surface area contributed by atoms with Gasteiger partial charge in [0.15, 0.2) is 6.04 Å². The van der Waals surface area contributed by atoms with Gasteiger partial charge in [0.05, 0.1) is 0 Å². The molecule has 0 spiro atoms. The van der Waals surface area contributed by atoms with Gasteiger partial charge in [0, 0.05) is 18.2 Å². The molecule has 0 radical (unpaired) electrons. The van der Waals surface area contributed by atoms with Crippen LogP contribution >= 0.6 is 11.8 Å². The minimum absolute atomic E-state index is 0.116. The van der Waals surface area contributed by atoms with Crippen LogP contribution in [-0.4, -0.2) is 40.7 Å². The fourth-order valence-electron chi connectivity index (χ4n) is 1.74. The normalized spacial score (nSPS) is 11.5. The van der Waals surface area contributed by atoms with Gasteiger partial charge in [-0.1, -0.05) is 18.2 Å². The number of hydrogen-bond acceptors (Lipinski definition) is 4. The molecule has 2 N–H and O–H groups in total. The van der Waals surface area contributed by atoms with Gasteiger partial charge in [0.1, 0.15) is 0 Å². The molecule has 0 fully saturated rings. The summed E-state index contributed by atoms with van der Waals surface area (Å²) in [5.41, 5.74) is 3.02. The first kappa shape index (κ1) is 16.0. The van der Waals surface area contributed by atoms with Gasteiger partial charge < -0.3 is 5.11 Å². The minimum Gasteiger partial charge on any atom is -0.480 e. The second-order valence-electron chi connectivity index (χ2n) is 4.05. The highest BCUT2D eigenvalue weighted by Gasteiger charge is 2.26. The Hall–Kier alpha value is -2.02. The monoisotopic (exact) mass is 296 g/mol. The Bertz CT molecular complexity index is 507. The molecule has 1 atom stereocenters. The molecule has 1 unspecified atom stereocenters. The molecule has 1 aromatic carbocycles. The van der Waals surface area contributed by atoms with Crippen LogP contribution in [0.25, 0.3) is 0 Å². The van der Waals surface area contributed by atoms with Gasteiger partial charge in [0.2, 0.25) is 12.3 Å². The minimum atomic E-state index is -1.18. The molecular weight excluding hydrogens is 280 g/mol. The van der Waals surface area contributed by atoms with Crippen LogP contribution in [0.3, 0.4) is 0 Å². The van der Waals surface area contributed by atoms with E-state index in [2.05, 4.69) is 5.43 Å². The molecule has 0 saturated heterocycles. The van der Waals surface area contributed by atoms with Crippen molar-refractivity contribution in [1.82, 2.24) is 10.4 Å². The summed E-state index contributed by atoms with van der Waals surface area (Å²) in [5, 5.41) is 10.0. The number of nitrogens with one attached hydrogen (secondary N) is 1. The third kappa shape index (κ3) is 4.27. The first-order chi connectivity index (χ1) is 9.49. The van der Waals surface area contributed by atoms with Crippen molar-refractivity contribution in [2.24, 2.45) is 0 Å². The van der Waals surface area contributed by atoms with E-state index in [1.807, 2.05) is 18.4 Å². The van der Waals surface area contributed by atoms with E-state index >= 15 is 0 Å². The quantitative estimate of drug-likeness (QED) is 0.444. The molecule has 0 bridgehead atoms. The Morgan fingerprint density at radius 2 is 2.10 bits per heavy atom. The Balaban J connectivity index is 2.99. The SMILES string of the molecule is CSc1ccccc1CC(C(=O)O)N(C=O)NC(C)=O. The van der Waals surface area contributed by atoms with E-state index in [1.165, 1.54) is 18.7 Å².